The van der Waals surface area contributed by atoms with Crippen molar-refractivity contribution in [3.8, 4) is 0 Å². The molecule has 0 radical (unpaired) electrons. The summed E-state index contributed by atoms with van der Waals surface area (Å²) in [5.41, 5.74) is 2.19. The van der Waals surface area contributed by atoms with Crippen molar-refractivity contribution in [1.29, 1.82) is 0 Å². The average Bonchev–Trinajstić information content (AvgIpc) is 2.48. The Morgan fingerprint density at radius 3 is 3.08 bits per heavy atom. The Balaban J connectivity index is 2.18. The van der Waals surface area contributed by atoms with Gasteiger partial charge in [0.05, 0.1) is 7.11 Å². The minimum atomic E-state index is -0.220. The summed E-state index contributed by atoms with van der Waals surface area (Å²) in [5, 5.41) is 2.65. The molecule has 1 saturated heterocycles. The molecule has 74 valence electrons. The molecule has 13 heavy (non-hydrogen) atoms. The molecule has 0 aromatic rings. The van der Waals surface area contributed by atoms with Gasteiger partial charge in [0.1, 0.15) is 0 Å². The van der Waals surface area contributed by atoms with Gasteiger partial charge in [-0.25, -0.2) is 10.3 Å². The van der Waals surface area contributed by atoms with E-state index in [0.29, 0.717) is 19.6 Å². The Labute approximate surface area is 76.2 Å². The van der Waals surface area contributed by atoms with Gasteiger partial charge in [-0.05, 0) is 0 Å². The van der Waals surface area contributed by atoms with Crippen molar-refractivity contribution in [3.63, 3.8) is 0 Å². The van der Waals surface area contributed by atoms with Crippen LogP contribution in [0.15, 0.2) is 0 Å². The number of rotatable bonds is 4. The van der Waals surface area contributed by atoms with Gasteiger partial charge in [0.2, 0.25) is 5.91 Å². The Morgan fingerprint density at radius 2 is 2.54 bits per heavy atom. The number of carbonyl (C=O) groups is 2. The largest absolute Gasteiger partial charge is 0.336 e. The highest BCUT2D eigenvalue weighted by atomic mass is 16.6. The predicted molar refractivity (Wildman–Crippen MR) is 44.7 cm³/mol. The number of nitrogens with one attached hydrogen (secondary N) is 2. The molecule has 6 nitrogen and oxygen atoms in total. The maximum atomic E-state index is 11.0. The lowest BCUT2D eigenvalue weighted by Crippen LogP contribution is -2.32. The number of hydrogen-bond donors (Lipinski definition) is 2. The third kappa shape index (κ3) is 2.90. The zero-order valence-corrected chi connectivity index (χ0v) is 7.50. The molecule has 0 bridgehead atoms. The molecule has 0 unspecified atom stereocenters. The van der Waals surface area contributed by atoms with Crippen LogP contribution in [0, 0.1) is 0 Å². The molecule has 0 saturated carbocycles. The molecule has 1 rings (SSSR count). The van der Waals surface area contributed by atoms with E-state index in [-0.39, 0.29) is 18.4 Å². The first-order chi connectivity index (χ1) is 6.24. The normalized spacial score (nSPS) is 15.8. The van der Waals surface area contributed by atoms with Crippen LogP contribution in [0.1, 0.15) is 6.42 Å². The Bertz CT molecular complexity index is 207. The number of urea groups is 1. The van der Waals surface area contributed by atoms with Gasteiger partial charge in [-0.15, -0.1) is 0 Å². The molecule has 1 fully saturated rings. The lowest BCUT2D eigenvalue weighted by molar-refractivity contribution is -0.131. The third-order valence-electron chi connectivity index (χ3n) is 1.77. The molecule has 0 aromatic heterocycles. The number of carbonyl (C=O) groups excluding carboxylic acids is 2. The van der Waals surface area contributed by atoms with Gasteiger partial charge in [0.15, 0.2) is 0 Å². The molecular formula is C7H13N3O3. The van der Waals surface area contributed by atoms with E-state index >= 15 is 0 Å². The lowest BCUT2D eigenvalue weighted by Gasteiger charge is -2.12. The molecule has 0 aromatic carbocycles. The average molecular weight is 187 g/mol. The van der Waals surface area contributed by atoms with Crippen molar-refractivity contribution in [1.82, 2.24) is 15.7 Å². The van der Waals surface area contributed by atoms with Gasteiger partial charge in [-0.3, -0.25) is 9.63 Å². The second kappa shape index (κ2) is 4.66. The van der Waals surface area contributed by atoms with Gasteiger partial charge >= 0.3 is 6.03 Å². The fraction of sp³-hybridized carbons (Fsp3) is 0.714. The van der Waals surface area contributed by atoms with Crippen LogP contribution in [0.3, 0.4) is 0 Å². The standard InChI is InChI=1S/C7H13N3O3/c1-13-9-6(11)2-4-10-5-3-8-7(10)12/h2-5H2,1H3,(H,8,12)(H,9,11). The smallest absolute Gasteiger partial charge is 0.317 e. The first kappa shape index (κ1) is 9.79. The second-order valence-corrected chi connectivity index (χ2v) is 2.70. The lowest BCUT2D eigenvalue weighted by atomic mass is 10.4. The van der Waals surface area contributed by atoms with Crippen molar-refractivity contribution < 1.29 is 14.4 Å². The Morgan fingerprint density at radius 1 is 1.77 bits per heavy atom. The number of nitrogens with zero attached hydrogens (tertiary/aromatic N) is 1. The monoisotopic (exact) mass is 187 g/mol. The Hall–Kier alpha value is -1.30. The van der Waals surface area contributed by atoms with Gasteiger partial charge in [-0.1, -0.05) is 0 Å². The van der Waals surface area contributed by atoms with Crippen LogP contribution in [0.2, 0.25) is 0 Å². The summed E-state index contributed by atoms with van der Waals surface area (Å²) in [6.45, 7) is 1.75. The van der Waals surface area contributed by atoms with Crippen LogP contribution < -0.4 is 10.8 Å². The minimum Gasteiger partial charge on any atom is -0.336 e. The molecule has 3 amide bonds. The van der Waals surface area contributed by atoms with E-state index in [0.717, 1.165) is 0 Å². The summed E-state index contributed by atoms with van der Waals surface area (Å²) in [5.74, 6) is -0.220. The van der Waals surface area contributed by atoms with Crippen molar-refractivity contribution >= 4 is 11.9 Å². The zero-order valence-electron chi connectivity index (χ0n) is 7.50. The summed E-state index contributed by atoms with van der Waals surface area (Å²) >= 11 is 0. The van der Waals surface area contributed by atoms with Gasteiger partial charge in [0.25, 0.3) is 0 Å². The van der Waals surface area contributed by atoms with E-state index in [9.17, 15) is 9.59 Å². The highest BCUT2D eigenvalue weighted by molar-refractivity contribution is 5.78. The van der Waals surface area contributed by atoms with Gasteiger partial charge in [-0.2, -0.15) is 0 Å². The highest BCUT2D eigenvalue weighted by Crippen LogP contribution is 1.97. The third-order valence-corrected chi connectivity index (χ3v) is 1.77. The van der Waals surface area contributed by atoms with E-state index in [1.807, 2.05) is 0 Å². The molecule has 1 aliphatic heterocycles. The predicted octanol–water partition coefficient (Wildman–Crippen LogP) is -0.921. The highest BCUT2D eigenvalue weighted by Gasteiger charge is 2.19. The summed E-state index contributed by atoms with van der Waals surface area (Å²) in [6, 6.07) is -0.106. The minimum absolute atomic E-state index is 0.106. The Kier molecular flexibility index (Phi) is 3.51. The van der Waals surface area contributed by atoms with E-state index in [2.05, 4.69) is 15.6 Å². The van der Waals surface area contributed by atoms with Crippen molar-refractivity contribution in [2.75, 3.05) is 26.7 Å². The maximum Gasteiger partial charge on any atom is 0.317 e. The molecule has 6 heteroatoms. The molecule has 0 atom stereocenters. The summed E-state index contributed by atoms with van der Waals surface area (Å²) in [4.78, 5) is 27.9. The molecule has 2 N–H and O–H groups in total. The number of hydroxylamine groups is 1. The van der Waals surface area contributed by atoms with Crippen LogP contribution in [0.5, 0.6) is 0 Å². The summed E-state index contributed by atoms with van der Waals surface area (Å²) in [7, 11) is 1.38. The number of hydrogen-bond acceptors (Lipinski definition) is 3. The fourth-order valence-electron chi connectivity index (χ4n) is 1.13. The van der Waals surface area contributed by atoms with Crippen LogP contribution in [-0.2, 0) is 9.63 Å². The molecule has 0 aliphatic carbocycles. The SMILES string of the molecule is CONC(=O)CCN1CCNC1=O. The summed E-state index contributed by atoms with van der Waals surface area (Å²) < 4.78 is 0. The van der Waals surface area contributed by atoms with Crippen molar-refractivity contribution in [2.45, 2.75) is 6.42 Å². The maximum absolute atomic E-state index is 11.0. The quantitative estimate of drug-likeness (QED) is 0.559. The fourth-order valence-corrected chi connectivity index (χ4v) is 1.13. The van der Waals surface area contributed by atoms with Crippen molar-refractivity contribution in [3.05, 3.63) is 0 Å². The first-order valence-electron chi connectivity index (χ1n) is 4.08. The van der Waals surface area contributed by atoms with Crippen LogP contribution in [-0.4, -0.2) is 43.6 Å². The van der Waals surface area contributed by atoms with E-state index < -0.39 is 0 Å². The molecule has 1 aliphatic rings. The van der Waals surface area contributed by atoms with Crippen LogP contribution in [0.25, 0.3) is 0 Å². The van der Waals surface area contributed by atoms with Crippen molar-refractivity contribution in [2.24, 2.45) is 0 Å². The molecule has 1 heterocycles. The van der Waals surface area contributed by atoms with E-state index in [1.165, 1.54) is 7.11 Å². The van der Waals surface area contributed by atoms with Crippen LogP contribution in [0.4, 0.5) is 4.79 Å². The molecular weight excluding hydrogens is 174 g/mol. The molecule has 0 spiro atoms. The first-order valence-corrected chi connectivity index (χ1v) is 4.08. The zero-order chi connectivity index (χ0) is 9.68. The van der Waals surface area contributed by atoms with E-state index in [1.54, 1.807) is 4.90 Å². The number of amides is 3. The summed E-state index contributed by atoms with van der Waals surface area (Å²) in [6.07, 6.45) is 0.265. The van der Waals surface area contributed by atoms with Gasteiger partial charge < -0.3 is 10.2 Å². The second-order valence-electron chi connectivity index (χ2n) is 2.70. The van der Waals surface area contributed by atoms with Gasteiger partial charge in [0, 0.05) is 26.1 Å². The topological polar surface area (TPSA) is 70.7 Å². The van der Waals surface area contributed by atoms with Crippen LogP contribution >= 0.6 is 0 Å². The van der Waals surface area contributed by atoms with E-state index in [4.69, 9.17) is 0 Å².